The molecule has 0 aromatic rings. The van der Waals surface area contributed by atoms with Gasteiger partial charge >= 0.3 is 5.97 Å². The molecule has 5 nitrogen and oxygen atoms in total. The van der Waals surface area contributed by atoms with Crippen LogP contribution in [0.1, 0.15) is 109 Å². The first-order valence-corrected chi connectivity index (χ1v) is 11.5. The van der Waals surface area contributed by atoms with Crippen molar-refractivity contribution < 1.29 is 19.7 Å². The highest BCUT2D eigenvalue weighted by Crippen LogP contribution is 2.16. The maximum absolute atomic E-state index is 11.8. The zero-order valence-corrected chi connectivity index (χ0v) is 21.6. The largest absolute Gasteiger partial charge is 0.462 e. The van der Waals surface area contributed by atoms with Gasteiger partial charge in [-0.15, -0.1) is 0 Å². The van der Waals surface area contributed by atoms with Gasteiger partial charge in [-0.3, -0.25) is 9.69 Å². The van der Waals surface area contributed by atoms with Crippen molar-refractivity contribution in [3.8, 4) is 0 Å². The van der Waals surface area contributed by atoms with Crippen molar-refractivity contribution in [3.63, 3.8) is 0 Å². The second kappa shape index (κ2) is 28.6. The summed E-state index contributed by atoms with van der Waals surface area (Å²) < 4.78 is 5.14. The molecule has 0 heterocycles. The van der Waals surface area contributed by atoms with Crippen LogP contribution < -0.4 is 0 Å². The minimum Gasteiger partial charge on any atom is -0.462 e. The number of rotatable bonds is 10. The molecule has 0 aliphatic rings. The molecule has 5 heteroatoms. The van der Waals surface area contributed by atoms with E-state index in [-0.39, 0.29) is 18.5 Å². The molecule has 2 N–H and O–H groups in total. The van der Waals surface area contributed by atoms with Gasteiger partial charge in [0.1, 0.15) is 18.4 Å². The molecule has 28 heavy (non-hydrogen) atoms. The topological polar surface area (TPSA) is 70.0 Å². The van der Waals surface area contributed by atoms with Crippen molar-refractivity contribution in [2.45, 2.75) is 121 Å². The van der Waals surface area contributed by atoms with Crippen LogP contribution in [0.2, 0.25) is 0 Å². The third-order valence-electron chi connectivity index (χ3n) is 3.45. The van der Waals surface area contributed by atoms with Crippen molar-refractivity contribution >= 4 is 5.97 Å². The number of ether oxygens (including phenoxy) is 1. The van der Waals surface area contributed by atoms with Crippen molar-refractivity contribution in [1.82, 2.24) is 4.90 Å². The van der Waals surface area contributed by atoms with Crippen molar-refractivity contribution in [3.05, 3.63) is 0 Å². The Balaban J connectivity index is -0.000000194. The van der Waals surface area contributed by atoms with E-state index in [2.05, 4.69) is 6.92 Å². The van der Waals surface area contributed by atoms with Crippen LogP contribution in [0.15, 0.2) is 0 Å². The number of hydrogen-bond acceptors (Lipinski definition) is 5. The van der Waals surface area contributed by atoms with Crippen molar-refractivity contribution in [1.29, 1.82) is 0 Å². The zero-order chi connectivity index (χ0) is 23.8. The maximum Gasteiger partial charge on any atom is 0.308 e. The Labute approximate surface area is 177 Å². The van der Waals surface area contributed by atoms with Crippen LogP contribution >= 0.6 is 0 Å². The molecule has 0 saturated heterocycles. The molecule has 0 saturated carbocycles. The number of unbranched alkanes of at least 4 members (excludes halogenated alkanes) is 1. The van der Waals surface area contributed by atoms with Gasteiger partial charge in [0.25, 0.3) is 0 Å². The lowest BCUT2D eigenvalue weighted by atomic mass is 10.0. The summed E-state index contributed by atoms with van der Waals surface area (Å²) in [7, 11) is 1.73. The predicted molar refractivity (Wildman–Crippen MR) is 125 cm³/mol. The summed E-state index contributed by atoms with van der Waals surface area (Å²) in [5.41, 5.74) is -1.47. The van der Waals surface area contributed by atoms with Gasteiger partial charge < -0.3 is 14.9 Å². The summed E-state index contributed by atoms with van der Waals surface area (Å²) in [6, 6.07) is 0. The molecule has 0 radical (unpaired) electrons. The SMILES string of the molecule is CC.CC.CC.CC.CCCCC(C)C(=O)OC[C@@](C)(O)C(O)N(C)CCC. The molecule has 0 spiro atoms. The molecule has 0 bridgehead atoms. The van der Waals surface area contributed by atoms with Gasteiger partial charge in [0.05, 0.1) is 5.92 Å². The maximum atomic E-state index is 11.8. The van der Waals surface area contributed by atoms with Gasteiger partial charge in [-0.25, -0.2) is 0 Å². The normalized spacial score (nSPS) is 13.4. The molecule has 0 aliphatic carbocycles. The lowest BCUT2D eigenvalue weighted by Crippen LogP contribution is -2.53. The van der Waals surface area contributed by atoms with E-state index in [4.69, 9.17) is 4.74 Å². The Hall–Kier alpha value is -0.650. The Morgan fingerprint density at radius 2 is 1.43 bits per heavy atom. The van der Waals surface area contributed by atoms with E-state index in [1.54, 1.807) is 11.9 Å². The number of aliphatic hydroxyl groups is 2. The molecule has 2 unspecified atom stereocenters. The van der Waals surface area contributed by atoms with Gasteiger partial charge in [-0.2, -0.15) is 0 Å². The number of likely N-dealkylation sites (N-methyl/N-ethyl adjacent to an activating group) is 1. The van der Waals surface area contributed by atoms with E-state index in [1.807, 2.05) is 69.2 Å². The first-order chi connectivity index (χ1) is 13.3. The second-order valence-corrected chi connectivity index (χ2v) is 5.86. The molecule has 3 atom stereocenters. The van der Waals surface area contributed by atoms with Gasteiger partial charge in [0, 0.05) is 6.54 Å². The van der Waals surface area contributed by atoms with E-state index < -0.39 is 11.8 Å². The summed E-state index contributed by atoms with van der Waals surface area (Å²) in [6.07, 6.45) is 2.62. The monoisotopic (exact) mass is 409 g/mol. The highest BCUT2D eigenvalue weighted by molar-refractivity contribution is 5.71. The second-order valence-electron chi connectivity index (χ2n) is 5.86. The van der Waals surface area contributed by atoms with Crippen LogP contribution in [-0.2, 0) is 9.53 Å². The minimum absolute atomic E-state index is 0.170. The average molecular weight is 410 g/mol. The number of nitrogens with zero attached hydrogens (tertiary/aromatic N) is 1. The van der Waals surface area contributed by atoms with E-state index in [0.717, 1.165) is 25.7 Å². The summed E-state index contributed by atoms with van der Waals surface area (Å²) >= 11 is 0. The number of carbonyl (C=O) groups excluding carboxylic acids is 1. The van der Waals surface area contributed by atoms with Gasteiger partial charge in [-0.1, -0.05) is 89.0 Å². The summed E-state index contributed by atoms with van der Waals surface area (Å²) in [4.78, 5) is 13.4. The average Bonchev–Trinajstić information content (AvgIpc) is 2.75. The van der Waals surface area contributed by atoms with Crippen LogP contribution in [0.5, 0.6) is 0 Å². The third kappa shape index (κ3) is 21.6. The fourth-order valence-corrected chi connectivity index (χ4v) is 2.01. The number of hydrogen-bond donors (Lipinski definition) is 2. The Kier molecular flexibility index (Phi) is 38.8. The highest BCUT2D eigenvalue weighted by Gasteiger charge is 2.35. The number of aliphatic hydroxyl groups excluding tert-OH is 1. The lowest BCUT2D eigenvalue weighted by molar-refractivity contribution is -0.178. The Bertz CT molecular complexity index is 284. The van der Waals surface area contributed by atoms with Crippen LogP contribution in [0.4, 0.5) is 0 Å². The number of carbonyl (C=O) groups is 1. The van der Waals surface area contributed by atoms with Crippen LogP contribution in [-0.4, -0.2) is 53.1 Å². The quantitative estimate of drug-likeness (QED) is 0.349. The molecular weight excluding hydrogens is 354 g/mol. The fraction of sp³-hybridized carbons (Fsp3) is 0.957. The van der Waals surface area contributed by atoms with E-state index in [0.29, 0.717) is 6.54 Å². The smallest absolute Gasteiger partial charge is 0.308 e. The number of esters is 1. The molecule has 0 amide bonds. The lowest BCUT2D eigenvalue weighted by Gasteiger charge is -2.34. The van der Waals surface area contributed by atoms with Crippen molar-refractivity contribution in [2.75, 3.05) is 20.2 Å². The minimum atomic E-state index is -1.47. The van der Waals surface area contributed by atoms with E-state index in [9.17, 15) is 15.0 Å². The first-order valence-electron chi connectivity index (χ1n) is 11.5. The molecule has 176 valence electrons. The van der Waals surface area contributed by atoms with Gasteiger partial charge in [0.2, 0.25) is 0 Å². The summed E-state index contributed by atoms with van der Waals surface area (Å²) in [5, 5.41) is 20.3. The van der Waals surface area contributed by atoms with Crippen molar-refractivity contribution in [2.24, 2.45) is 5.92 Å². The first kappa shape index (κ1) is 38.0. The summed E-state index contributed by atoms with van der Waals surface area (Å²) in [6.45, 7) is 23.8. The molecule has 0 aliphatic heterocycles. The molecular formula is C23H55NO4. The van der Waals surface area contributed by atoms with Gasteiger partial charge in [-0.05, 0) is 26.8 Å². The molecule has 0 aromatic carbocycles. The zero-order valence-electron chi connectivity index (χ0n) is 21.6. The summed E-state index contributed by atoms with van der Waals surface area (Å²) in [5.74, 6) is -0.486. The molecule has 0 fully saturated rings. The molecule has 0 rings (SSSR count). The Morgan fingerprint density at radius 3 is 1.79 bits per heavy atom. The molecule has 0 aromatic heterocycles. The fourth-order valence-electron chi connectivity index (χ4n) is 2.01. The van der Waals surface area contributed by atoms with Crippen LogP contribution in [0, 0.1) is 5.92 Å². The Morgan fingerprint density at radius 1 is 1.00 bits per heavy atom. The standard InChI is InChI=1S/C15H31NO4.4C2H6/c1-6-8-9-12(3)13(17)20-11-15(4,19)14(18)16(5)10-7-2;4*1-2/h12,14,18-19H,6-11H2,1-5H3;4*1-2H3/t12?,14?,15-;;;;/m1..../s1. The van der Waals surface area contributed by atoms with Gasteiger partial charge in [0.15, 0.2) is 0 Å². The highest BCUT2D eigenvalue weighted by atomic mass is 16.5. The predicted octanol–water partition coefficient (Wildman–Crippen LogP) is 5.87. The van der Waals surface area contributed by atoms with Crippen LogP contribution in [0.3, 0.4) is 0 Å². The van der Waals surface area contributed by atoms with E-state index >= 15 is 0 Å². The van der Waals surface area contributed by atoms with E-state index in [1.165, 1.54) is 6.92 Å². The van der Waals surface area contributed by atoms with Crippen LogP contribution in [0.25, 0.3) is 0 Å². The third-order valence-corrected chi connectivity index (χ3v) is 3.45.